The molecule has 0 N–H and O–H groups in total. The van der Waals surface area contributed by atoms with Crippen LogP contribution in [0.1, 0.15) is 15.9 Å². The lowest BCUT2D eigenvalue weighted by molar-refractivity contribution is -0.0498. The molecule has 2 aromatic carbocycles. The minimum Gasteiger partial charge on any atom is -0.435 e. The Bertz CT molecular complexity index is 951. The van der Waals surface area contributed by atoms with Crippen molar-refractivity contribution in [2.45, 2.75) is 18.1 Å². The largest absolute Gasteiger partial charge is 0.435 e. The number of carbonyl (C=O) groups excluding carboxylic acids is 1. The van der Waals surface area contributed by atoms with Gasteiger partial charge in [-0.05, 0) is 35.9 Å². The van der Waals surface area contributed by atoms with Crippen LogP contribution in [0.5, 0.6) is 5.75 Å². The maximum Gasteiger partial charge on any atom is 0.387 e. The number of amides is 1. The molecule has 0 unspecified atom stereocenters. The first kappa shape index (κ1) is 22.1. The van der Waals surface area contributed by atoms with Gasteiger partial charge in [-0.15, -0.1) is 0 Å². The molecule has 1 amide bonds. The number of ether oxygens (including phenoxy) is 1. The zero-order valence-corrected chi connectivity index (χ0v) is 17.0. The van der Waals surface area contributed by atoms with Crippen molar-refractivity contribution < 1.29 is 26.7 Å². The standard InChI is InChI=1S/C18H19ClF2N2O4S/c1-22(2)28(25,26)16-10-13(6-9-15(16)19)17(24)23(3)11-12-4-7-14(8-5-12)27-18(20)21/h4-10,18H,11H2,1-3H3. The summed E-state index contributed by atoms with van der Waals surface area (Å²) in [7, 11) is 0.472. The molecule has 0 aliphatic heterocycles. The van der Waals surface area contributed by atoms with Gasteiger partial charge in [0, 0.05) is 33.3 Å². The van der Waals surface area contributed by atoms with Gasteiger partial charge in [0.2, 0.25) is 10.0 Å². The van der Waals surface area contributed by atoms with Crippen LogP contribution in [0.15, 0.2) is 47.4 Å². The van der Waals surface area contributed by atoms with Crippen molar-refractivity contribution in [3.05, 3.63) is 58.6 Å². The zero-order chi connectivity index (χ0) is 21.1. The SMILES string of the molecule is CN(Cc1ccc(OC(F)F)cc1)C(=O)c1ccc(Cl)c(S(=O)(=O)N(C)C)c1. The van der Waals surface area contributed by atoms with Crippen LogP contribution in [-0.4, -0.2) is 51.3 Å². The van der Waals surface area contributed by atoms with Gasteiger partial charge in [-0.2, -0.15) is 8.78 Å². The summed E-state index contributed by atoms with van der Waals surface area (Å²) in [6, 6.07) is 9.91. The first-order valence-electron chi connectivity index (χ1n) is 8.03. The minimum absolute atomic E-state index is 0.0162. The molecular formula is C18H19ClF2N2O4S. The first-order chi connectivity index (χ1) is 13.0. The lowest BCUT2D eigenvalue weighted by Crippen LogP contribution is -2.27. The van der Waals surface area contributed by atoms with Crippen molar-refractivity contribution in [1.82, 2.24) is 9.21 Å². The molecule has 0 spiro atoms. The van der Waals surface area contributed by atoms with Gasteiger partial charge in [0.05, 0.1) is 5.02 Å². The highest BCUT2D eigenvalue weighted by Gasteiger charge is 2.23. The smallest absolute Gasteiger partial charge is 0.387 e. The van der Waals surface area contributed by atoms with E-state index >= 15 is 0 Å². The molecule has 0 radical (unpaired) electrons. The van der Waals surface area contributed by atoms with Gasteiger partial charge in [0.1, 0.15) is 10.6 Å². The highest BCUT2D eigenvalue weighted by Crippen LogP contribution is 2.25. The molecule has 152 valence electrons. The van der Waals surface area contributed by atoms with E-state index in [1.807, 2.05) is 0 Å². The molecule has 28 heavy (non-hydrogen) atoms. The van der Waals surface area contributed by atoms with Crippen LogP contribution in [0, 0.1) is 0 Å². The number of sulfonamides is 1. The van der Waals surface area contributed by atoms with E-state index in [2.05, 4.69) is 4.74 Å². The number of hydrogen-bond acceptors (Lipinski definition) is 4. The molecule has 0 heterocycles. The number of hydrogen-bond donors (Lipinski definition) is 0. The van der Waals surface area contributed by atoms with Crippen molar-refractivity contribution >= 4 is 27.5 Å². The van der Waals surface area contributed by atoms with Crippen LogP contribution in [0.2, 0.25) is 5.02 Å². The monoisotopic (exact) mass is 432 g/mol. The fourth-order valence-electron chi connectivity index (χ4n) is 2.37. The van der Waals surface area contributed by atoms with E-state index in [1.165, 1.54) is 49.3 Å². The quantitative estimate of drug-likeness (QED) is 0.672. The van der Waals surface area contributed by atoms with Crippen LogP contribution in [0.25, 0.3) is 0 Å². The number of rotatable bonds is 7. The van der Waals surface area contributed by atoms with E-state index < -0.39 is 22.5 Å². The van der Waals surface area contributed by atoms with Crippen molar-refractivity contribution in [2.24, 2.45) is 0 Å². The summed E-state index contributed by atoms with van der Waals surface area (Å²) in [5.41, 5.74) is 0.845. The van der Waals surface area contributed by atoms with Crippen LogP contribution in [-0.2, 0) is 16.6 Å². The van der Waals surface area contributed by atoms with E-state index in [-0.39, 0.29) is 27.8 Å². The van der Waals surface area contributed by atoms with Gasteiger partial charge in [0.15, 0.2) is 0 Å². The summed E-state index contributed by atoms with van der Waals surface area (Å²) in [6.07, 6.45) is 0. The van der Waals surface area contributed by atoms with E-state index in [1.54, 1.807) is 19.2 Å². The average Bonchev–Trinajstić information content (AvgIpc) is 2.62. The van der Waals surface area contributed by atoms with Gasteiger partial charge < -0.3 is 9.64 Å². The second-order valence-electron chi connectivity index (χ2n) is 6.12. The second kappa shape index (κ2) is 8.85. The molecular weight excluding hydrogens is 414 g/mol. The Labute approximate surface area is 167 Å². The maximum absolute atomic E-state index is 12.7. The minimum atomic E-state index is -3.81. The van der Waals surface area contributed by atoms with Gasteiger partial charge in [-0.1, -0.05) is 23.7 Å². The van der Waals surface area contributed by atoms with Gasteiger partial charge in [0.25, 0.3) is 5.91 Å². The lowest BCUT2D eigenvalue weighted by atomic mass is 10.1. The third-order valence-corrected chi connectivity index (χ3v) is 6.15. The summed E-state index contributed by atoms with van der Waals surface area (Å²) in [4.78, 5) is 13.9. The molecule has 0 aromatic heterocycles. The first-order valence-corrected chi connectivity index (χ1v) is 9.85. The molecule has 0 saturated carbocycles. The topological polar surface area (TPSA) is 66.9 Å². The Morgan fingerprint density at radius 1 is 1.11 bits per heavy atom. The molecule has 2 aromatic rings. The molecule has 0 fully saturated rings. The number of halogens is 3. The summed E-state index contributed by atoms with van der Waals surface area (Å²) < 4.78 is 54.4. The molecule has 0 atom stereocenters. The fourth-order valence-corrected chi connectivity index (χ4v) is 3.77. The van der Waals surface area contributed by atoms with Gasteiger partial charge >= 0.3 is 6.61 Å². The molecule has 0 saturated heterocycles. The summed E-state index contributed by atoms with van der Waals surface area (Å²) in [5, 5.41) is 0.0162. The Balaban J connectivity index is 2.19. The third kappa shape index (κ3) is 5.18. The number of alkyl halides is 2. The van der Waals surface area contributed by atoms with Crippen molar-refractivity contribution in [2.75, 3.05) is 21.1 Å². The molecule has 6 nitrogen and oxygen atoms in total. The predicted molar refractivity (Wildman–Crippen MR) is 101 cm³/mol. The second-order valence-corrected chi connectivity index (χ2v) is 8.64. The Hall–Kier alpha value is -2.23. The Kier molecular flexibility index (Phi) is 6.97. The third-order valence-electron chi connectivity index (χ3n) is 3.85. The van der Waals surface area contributed by atoms with Crippen molar-refractivity contribution in [1.29, 1.82) is 0 Å². The average molecular weight is 433 g/mol. The summed E-state index contributed by atoms with van der Waals surface area (Å²) in [5.74, 6) is -0.399. The van der Waals surface area contributed by atoms with E-state index in [0.29, 0.717) is 5.56 Å². The summed E-state index contributed by atoms with van der Waals surface area (Å²) >= 11 is 5.99. The number of nitrogens with zero attached hydrogens (tertiary/aromatic N) is 2. The lowest BCUT2D eigenvalue weighted by Gasteiger charge is -2.19. The van der Waals surface area contributed by atoms with Crippen LogP contribution >= 0.6 is 11.6 Å². The summed E-state index contributed by atoms with van der Waals surface area (Å²) in [6.45, 7) is -2.72. The van der Waals surface area contributed by atoms with Crippen LogP contribution < -0.4 is 4.74 Å². The maximum atomic E-state index is 12.7. The highest BCUT2D eigenvalue weighted by molar-refractivity contribution is 7.89. The van der Waals surface area contributed by atoms with Crippen LogP contribution in [0.4, 0.5) is 8.78 Å². The molecule has 0 aliphatic rings. The number of carbonyl (C=O) groups is 1. The zero-order valence-electron chi connectivity index (χ0n) is 15.4. The number of benzene rings is 2. The van der Waals surface area contributed by atoms with E-state index in [0.717, 1.165) is 4.31 Å². The molecule has 2 rings (SSSR count). The van der Waals surface area contributed by atoms with Crippen molar-refractivity contribution in [3.8, 4) is 5.75 Å². The predicted octanol–water partition coefficient (Wildman–Crippen LogP) is 3.46. The Morgan fingerprint density at radius 3 is 2.25 bits per heavy atom. The van der Waals surface area contributed by atoms with E-state index in [9.17, 15) is 22.0 Å². The van der Waals surface area contributed by atoms with Crippen molar-refractivity contribution in [3.63, 3.8) is 0 Å². The highest BCUT2D eigenvalue weighted by atomic mass is 35.5. The van der Waals surface area contributed by atoms with Gasteiger partial charge in [-0.3, -0.25) is 4.79 Å². The normalized spacial score (nSPS) is 11.7. The Morgan fingerprint density at radius 2 is 1.71 bits per heavy atom. The van der Waals surface area contributed by atoms with E-state index in [4.69, 9.17) is 11.6 Å². The van der Waals surface area contributed by atoms with Crippen LogP contribution in [0.3, 0.4) is 0 Å². The fraction of sp³-hybridized carbons (Fsp3) is 0.278. The molecule has 10 heteroatoms. The van der Waals surface area contributed by atoms with Gasteiger partial charge in [-0.25, -0.2) is 12.7 Å². The molecule has 0 aliphatic carbocycles. The molecule has 0 bridgehead atoms.